The van der Waals surface area contributed by atoms with Gasteiger partial charge in [-0.3, -0.25) is 9.59 Å². The number of carbonyl (C=O) groups excluding carboxylic acids is 1. The number of nitrogens with zero attached hydrogens (tertiary/aromatic N) is 3. The van der Waals surface area contributed by atoms with Gasteiger partial charge in [-0.15, -0.1) is 0 Å². The van der Waals surface area contributed by atoms with Gasteiger partial charge in [0.1, 0.15) is 12.2 Å². The Morgan fingerprint density at radius 1 is 1.18 bits per heavy atom. The first kappa shape index (κ1) is 19.4. The number of rotatable bonds is 7. The molecule has 146 valence electrons. The number of hydrogen-bond donors (Lipinski definition) is 1. The normalized spacial score (nSPS) is 10.7. The first-order chi connectivity index (χ1) is 13.5. The van der Waals surface area contributed by atoms with Gasteiger partial charge in [-0.25, -0.2) is 4.68 Å². The largest absolute Gasteiger partial charge is 0.463 e. The number of aromatic nitrogens is 2. The molecule has 0 saturated carbocycles. The van der Waals surface area contributed by atoms with E-state index in [0.717, 1.165) is 34.7 Å². The molecule has 0 fully saturated rings. The quantitative estimate of drug-likeness (QED) is 0.680. The molecule has 2 aromatic heterocycles. The lowest BCUT2D eigenvalue weighted by molar-refractivity contribution is -0.117. The van der Waals surface area contributed by atoms with Gasteiger partial charge < -0.3 is 14.6 Å². The molecule has 3 rings (SSSR count). The maximum atomic E-state index is 12.5. The minimum Gasteiger partial charge on any atom is -0.463 e. The monoisotopic (exact) mass is 380 g/mol. The number of furan rings is 1. The topological polar surface area (TPSA) is 80.4 Å². The molecule has 0 radical (unpaired) electrons. The molecule has 0 saturated heterocycles. The maximum absolute atomic E-state index is 12.5. The van der Waals surface area contributed by atoms with E-state index in [0.29, 0.717) is 11.5 Å². The summed E-state index contributed by atoms with van der Waals surface area (Å²) in [5, 5.41) is 7.08. The van der Waals surface area contributed by atoms with Crippen LogP contribution in [0.1, 0.15) is 19.4 Å². The van der Waals surface area contributed by atoms with Crippen LogP contribution in [-0.4, -0.2) is 28.8 Å². The summed E-state index contributed by atoms with van der Waals surface area (Å²) in [5.74, 6) is 0.224. The van der Waals surface area contributed by atoms with Crippen molar-refractivity contribution >= 4 is 17.3 Å². The lowest BCUT2D eigenvalue weighted by Gasteiger charge is -2.22. The summed E-state index contributed by atoms with van der Waals surface area (Å²) in [7, 11) is 0. The highest BCUT2D eigenvalue weighted by Gasteiger charge is 2.11. The Morgan fingerprint density at radius 3 is 2.61 bits per heavy atom. The van der Waals surface area contributed by atoms with Crippen LogP contribution in [0.4, 0.5) is 11.4 Å². The van der Waals surface area contributed by atoms with Crippen molar-refractivity contribution in [2.24, 2.45) is 0 Å². The minimum absolute atomic E-state index is 0.176. The van der Waals surface area contributed by atoms with Crippen LogP contribution in [0.5, 0.6) is 0 Å². The fourth-order valence-electron chi connectivity index (χ4n) is 3.02. The maximum Gasteiger partial charge on any atom is 0.267 e. The third-order valence-corrected chi connectivity index (χ3v) is 4.55. The number of carbonyl (C=O) groups is 1. The average molecular weight is 380 g/mol. The van der Waals surface area contributed by atoms with Gasteiger partial charge >= 0.3 is 0 Å². The lowest BCUT2D eigenvalue weighted by Crippen LogP contribution is -2.29. The molecule has 0 atom stereocenters. The van der Waals surface area contributed by atoms with Crippen molar-refractivity contribution < 1.29 is 9.21 Å². The van der Waals surface area contributed by atoms with E-state index in [1.807, 2.05) is 25.1 Å². The zero-order chi connectivity index (χ0) is 20.1. The average Bonchev–Trinajstić information content (AvgIpc) is 3.21. The summed E-state index contributed by atoms with van der Waals surface area (Å²) < 4.78 is 6.43. The molecule has 0 bridgehead atoms. The van der Waals surface area contributed by atoms with E-state index in [1.54, 1.807) is 18.2 Å². The number of amides is 1. The number of hydrogen-bond acceptors (Lipinski definition) is 5. The molecule has 0 aliphatic rings. The van der Waals surface area contributed by atoms with Crippen LogP contribution < -0.4 is 15.8 Å². The van der Waals surface area contributed by atoms with Crippen molar-refractivity contribution in [1.29, 1.82) is 0 Å². The molecule has 1 N–H and O–H groups in total. The highest BCUT2D eigenvalue weighted by Crippen LogP contribution is 2.22. The molecule has 3 aromatic rings. The van der Waals surface area contributed by atoms with Gasteiger partial charge in [0.2, 0.25) is 5.91 Å². The summed E-state index contributed by atoms with van der Waals surface area (Å²) in [5.41, 5.74) is 2.94. The molecule has 2 heterocycles. The van der Waals surface area contributed by atoms with E-state index in [9.17, 15) is 9.59 Å². The molecule has 1 amide bonds. The first-order valence-corrected chi connectivity index (χ1v) is 9.29. The van der Waals surface area contributed by atoms with Gasteiger partial charge in [0.15, 0.2) is 5.76 Å². The minimum atomic E-state index is -0.348. The predicted octanol–water partition coefficient (Wildman–Crippen LogP) is 3.30. The van der Waals surface area contributed by atoms with Gasteiger partial charge in [0.05, 0.1) is 6.26 Å². The zero-order valence-electron chi connectivity index (χ0n) is 16.3. The van der Waals surface area contributed by atoms with Gasteiger partial charge in [-0.05, 0) is 62.7 Å². The van der Waals surface area contributed by atoms with Crippen molar-refractivity contribution in [3.8, 4) is 11.5 Å². The second-order valence-corrected chi connectivity index (χ2v) is 6.41. The van der Waals surface area contributed by atoms with Crippen molar-refractivity contribution in [1.82, 2.24) is 9.78 Å². The molecule has 0 spiro atoms. The fraction of sp³-hybridized carbons (Fsp3) is 0.286. The van der Waals surface area contributed by atoms with Crippen LogP contribution in [0.3, 0.4) is 0 Å². The zero-order valence-corrected chi connectivity index (χ0v) is 16.3. The Morgan fingerprint density at radius 2 is 1.96 bits per heavy atom. The number of benzene rings is 1. The number of aryl methyl sites for hydroxylation is 1. The van der Waals surface area contributed by atoms with Crippen LogP contribution in [0, 0.1) is 6.92 Å². The Labute approximate surface area is 163 Å². The highest BCUT2D eigenvalue weighted by atomic mass is 16.3. The summed E-state index contributed by atoms with van der Waals surface area (Å²) in [6.07, 6.45) is 1.53. The van der Waals surface area contributed by atoms with E-state index >= 15 is 0 Å². The summed E-state index contributed by atoms with van der Waals surface area (Å²) in [4.78, 5) is 26.8. The molecular weight excluding hydrogens is 356 g/mol. The summed E-state index contributed by atoms with van der Waals surface area (Å²) in [6, 6.07) is 12.4. The van der Waals surface area contributed by atoms with Crippen LogP contribution in [0.2, 0.25) is 0 Å². The number of anilines is 2. The number of nitrogens with one attached hydrogen (secondary N) is 1. The van der Waals surface area contributed by atoms with Gasteiger partial charge in [-0.2, -0.15) is 5.10 Å². The van der Waals surface area contributed by atoms with Gasteiger partial charge in [0.25, 0.3) is 5.56 Å². The molecule has 7 heteroatoms. The summed E-state index contributed by atoms with van der Waals surface area (Å²) >= 11 is 0. The first-order valence-electron chi connectivity index (χ1n) is 9.29. The SMILES string of the molecule is CCN(CC)c1ccc(NC(=O)Cn2nc(-c3ccco3)ccc2=O)c(C)c1. The van der Waals surface area contributed by atoms with E-state index in [1.165, 1.54) is 12.3 Å². The third kappa shape index (κ3) is 4.31. The predicted molar refractivity (Wildman–Crippen MR) is 110 cm³/mol. The highest BCUT2D eigenvalue weighted by molar-refractivity contribution is 5.91. The molecule has 28 heavy (non-hydrogen) atoms. The molecule has 1 aromatic carbocycles. The Bertz CT molecular complexity index is 1000. The van der Waals surface area contributed by atoms with Crippen LogP contribution in [0.15, 0.2) is 57.9 Å². The smallest absolute Gasteiger partial charge is 0.267 e. The molecule has 0 unspecified atom stereocenters. The van der Waals surface area contributed by atoms with Gasteiger partial charge in [0, 0.05) is 30.5 Å². The van der Waals surface area contributed by atoms with E-state index in [4.69, 9.17) is 4.42 Å². The lowest BCUT2D eigenvalue weighted by atomic mass is 10.1. The van der Waals surface area contributed by atoms with E-state index < -0.39 is 0 Å². The summed E-state index contributed by atoms with van der Waals surface area (Å²) in [6.45, 7) is 7.83. The second kappa shape index (κ2) is 8.56. The molecule has 0 aliphatic heterocycles. The Balaban J connectivity index is 1.74. The Hall–Kier alpha value is -3.35. The molecule has 7 nitrogen and oxygen atoms in total. The van der Waals surface area contributed by atoms with Crippen molar-refractivity contribution in [3.05, 3.63) is 64.6 Å². The second-order valence-electron chi connectivity index (χ2n) is 6.41. The molecular formula is C21H24N4O3. The van der Waals surface area contributed by atoms with Crippen LogP contribution in [-0.2, 0) is 11.3 Å². The van der Waals surface area contributed by atoms with Gasteiger partial charge in [-0.1, -0.05) is 0 Å². The van der Waals surface area contributed by atoms with E-state index in [-0.39, 0.29) is 18.0 Å². The van der Waals surface area contributed by atoms with Crippen LogP contribution >= 0.6 is 0 Å². The van der Waals surface area contributed by atoms with Crippen molar-refractivity contribution in [3.63, 3.8) is 0 Å². The van der Waals surface area contributed by atoms with Crippen molar-refractivity contribution in [2.45, 2.75) is 27.3 Å². The van der Waals surface area contributed by atoms with Crippen LogP contribution in [0.25, 0.3) is 11.5 Å². The standard InChI is InChI=1S/C21H24N4O3/c1-4-24(5-2)16-8-9-17(15(3)13-16)22-20(26)14-25-21(27)11-10-18(23-25)19-7-6-12-28-19/h6-13H,4-5,14H2,1-3H3,(H,22,26). The molecule has 0 aliphatic carbocycles. The third-order valence-electron chi connectivity index (χ3n) is 4.55. The Kier molecular flexibility index (Phi) is 5.93. The van der Waals surface area contributed by atoms with Crippen molar-refractivity contribution in [2.75, 3.05) is 23.3 Å². The van der Waals surface area contributed by atoms with E-state index in [2.05, 4.69) is 29.2 Å². The fourth-order valence-corrected chi connectivity index (χ4v) is 3.02.